The van der Waals surface area contributed by atoms with E-state index in [1.54, 1.807) is 6.07 Å². The first-order valence-electron chi connectivity index (χ1n) is 4.98. The number of rotatable bonds is 2. The van der Waals surface area contributed by atoms with Crippen LogP contribution in [-0.2, 0) is 0 Å². The fourth-order valence-corrected chi connectivity index (χ4v) is 1.97. The molecule has 94 valence electrons. The van der Waals surface area contributed by atoms with Crippen molar-refractivity contribution in [1.29, 1.82) is 0 Å². The van der Waals surface area contributed by atoms with Gasteiger partial charge in [-0.2, -0.15) is 0 Å². The van der Waals surface area contributed by atoms with Crippen molar-refractivity contribution >= 4 is 52.1 Å². The Morgan fingerprint density at radius 3 is 2.56 bits per heavy atom. The predicted molar refractivity (Wildman–Crippen MR) is 75.9 cm³/mol. The fraction of sp³-hybridized carbons (Fsp3) is 0.0909. The Hall–Kier alpha value is -1.23. The largest absolute Gasteiger partial charge is 0.382 e. The topological polar surface area (TPSA) is 63.8 Å². The summed E-state index contributed by atoms with van der Waals surface area (Å²) in [6.45, 7) is 1.87. The Bertz CT molecular complexity index is 601. The molecule has 4 nitrogen and oxygen atoms in total. The fourth-order valence-electron chi connectivity index (χ4n) is 1.36. The summed E-state index contributed by atoms with van der Waals surface area (Å²) >= 11 is 18.2. The minimum atomic E-state index is 0.189. The van der Waals surface area contributed by atoms with E-state index in [9.17, 15) is 0 Å². The zero-order valence-electron chi connectivity index (χ0n) is 9.34. The molecule has 0 spiro atoms. The summed E-state index contributed by atoms with van der Waals surface area (Å²) in [5.41, 5.74) is 7.02. The number of nitrogen functional groups attached to an aromatic ring is 1. The van der Waals surface area contributed by atoms with Crippen LogP contribution in [0.25, 0.3) is 0 Å². The smallest absolute Gasteiger partial charge is 0.154 e. The molecule has 1 aromatic carbocycles. The van der Waals surface area contributed by atoms with Gasteiger partial charge in [0.05, 0.1) is 15.7 Å². The van der Waals surface area contributed by atoms with Gasteiger partial charge in [0.15, 0.2) is 5.82 Å². The number of halogens is 3. The van der Waals surface area contributed by atoms with Gasteiger partial charge >= 0.3 is 0 Å². The van der Waals surface area contributed by atoms with Crippen LogP contribution in [0.4, 0.5) is 17.3 Å². The number of hydrogen-bond acceptors (Lipinski definition) is 4. The van der Waals surface area contributed by atoms with Crippen molar-refractivity contribution in [3.05, 3.63) is 39.1 Å². The first kappa shape index (κ1) is 13.2. The van der Waals surface area contributed by atoms with E-state index in [1.807, 2.05) is 13.0 Å². The van der Waals surface area contributed by atoms with Gasteiger partial charge in [-0.25, -0.2) is 9.97 Å². The summed E-state index contributed by atoms with van der Waals surface area (Å²) in [5, 5.41) is 4.17. The lowest BCUT2D eigenvalue weighted by molar-refractivity contribution is 1.17. The SMILES string of the molecule is Cc1ccc(Cl)c(Nc2ncnc(N)c2Cl)c1Cl. The second kappa shape index (κ2) is 5.18. The molecule has 3 N–H and O–H groups in total. The molecular formula is C11H9Cl3N4. The molecule has 0 fully saturated rings. The monoisotopic (exact) mass is 302 g/mol. The Labute approximate surface area is 119 Å². The molecule has 18 heavy (non-hydrogen) atoms. The van der Waals surface area contributed by atoms with Crippen molar-refractivity contribution in [2.75, 3.05) is 11.1 Å². The molecule has 0 aliphatic carbocycles. The summed E-state index contributed by atoms with van der Waals surface area (Å²) in [5.74, 6) is 0.549. The van der Waals surface area contributed by atoms with Crippen molar-refractivity contribution in [1.82, 2.24) is 9.97 Å². The Kier molecular flexibility index (Phi) is 3.80. The number of nitrogens with zero attached hydrogens (tertiary/aromatic N) is 2. The molecule has 2 rings (SSSR count). The molecule has 1 heterocycles. The van der Waals surface area contributed by atoms with Crippen molar-refractivity contribution in [3.8, 4) is 0 Å². The summed E-state index contributed by atoms with van der Waals surface area (Å²) in [7, 11) is 0. The Morgan fingerprint density at radius 2 is 1.83 bits per heavy atom. The Morgan fingerprint density at radius 1 is 1.11 bits per heavy atom. The molecule has 0 saturated carbocycles. The number of aryl methyl sites for hydroxylation is 1. The van der Waals surface area contributed by atoms with Crippen molar-refractivity contribution in [2.45, 2.75) is 6.92 Å². The molecule has 0 aliphatic heterocycles. The van der Waals surface area contributed by atoms with Gasteiger partial charge in [-0.15, -0.1) is 0 Å². The first-order chi connectivity index (χ1) is 8.50. The lowest BCUT2D eigenvalue weighted by Gasteiger charge is -2.12. The number of benzene rings is 1. The number of anilines is 3. The van der Waals surface area contributed by atoms with E-state index in [-0.39, 0.29) is 10.8 Å². The second-order valence-electron chi connectivity index (χ2n) is 3.60. The third-order valence-electron chi connectivity index (χ3n) is 2.34. The minimum absolute atomic E-state index is 0.189. The van der Waals surface area contributed by atoms with Gasteiger partial charge in [-0.05, 0) is 18.6 Å². The normalized spacial score (nSPS) is 10.4. The number of hydrogen-bond donors (Lipinski definition) is 2. The first-order valence-corrected chi connectivity index (χ1v) is 6.11. The zero-order valence-corrected chi connectivity index (χ0v) is 11.6. The molecule has 0 radical (unpaired) electrons. The Balaban J connectivity index is 2.46. The lowest BCUT2D eigenvalue weighted by atomic mass is 10.2. The minimum Gasteiger partial charge on any atom is -0.382 e. The summed E-state index contributed by atoms with van der Waals surface area (Å²) in [4.78, 5) is 7.77. The number of aromatic nitrogens is 2. The standard InChI is InChI=1S/C11H9Cl3N4/c1-5-2-3-6(12)9(7(5)13)18-11-8(14)10(15)16-4-17-11/h2-4H,1H3,(H3,15,16,17,18). The highest BCUT2D eigenvalue weighted by atomic mass is 35.5. The van der Waals surface area contributed by atoms with Crippen LogP contribution in [-0.4, -0.2) is 9.97 Å². The van der Waals surface area contributed by atoms with Gasteiger partial charge < -0.3 is 11.1 Å². The van der Waals surface area contributed by atoms with Crippen LogP contribution in [0.3, 0.4) is 0 Å². The van der Waals surface area contributed by atoms with E-state index < -0.39 is 0 Å². The maximum Gasteiger partial charge on any atom is 0.154 e. The predicted octanol–water partition coefficient (Wildman–Crippen LogP) is 4.07. The van der Waals surface area contributed by atoms with E-state index in [4.69, 9.17) is 40.5 Å². The maximum atomic E-state index is 6.18. The number of nitrogens with one attached hydrogen (secondary N) is 1. The summed E-state index contributed by atoms with van der Waals surface area (Å²) in [6.07, 6.45) is 1.31. The molecular weight excluding hydrogens is 295 g/mol. The van der Waals surface area contributed by atoms with Gasteiger partial charge in [0.2, 0.25) is 0 Å². The highest BCUT2D eigenvalue weighted by molar-refractivity contribution is 6.40. The second-order valence-corrected chi connectivity index (χ2v) is 4.76. The highest BCUT2D eigenvalue weighted by Crippen LogP contribution is 2.36. The zero-order chi connectivity index (χ0) is 13.3. The highest BCUT2D eigenvalue weighted by Gasteiger charge is 2.12. The van der Waals surface area contributed by atoms with E-state index in [0.717, 1.165) is 5.56 Å². The van der Waals surface area contributed by atoms with E-state index in [2.05, 4.69) is 15.3 Å². The van der Waals surface area contributed by atoms with E-state index in [0.29, 0.717) is 21.6 Å². The molecule has 0 atom stereocenters. The van der Waals surface area contributed by atoms with Crippen LogP contribution in [0, 0.1) is 6.92 Å². The van der Waals surface area contributed by atoms with Crippen LogP contribution in [0.15, 0.2) is 18.5 Å². The maximum absolute atomic E-state index is 6.18. The van der Waals surface area contributed by atoms with Gasteiger partial charge in [0.25, 0.3) is 0 Å². The third kappa shape index (κ3) is 2.46. The quantitative estimate of drug-likeness (QED) is 0.877. The molecule has 2 aromatic rings. The molecule has 0 amide bonds. The average molecular weight is 304 g/mol. The lowest BCUT2D eigenvalue weighted by Crippen LogP contribution is -2.01. The van der Waals surface area contributed by atoms with Crippen LogP contribution in [0.2, 0.25) is 15.1 Å². The molecule has 7 heteroatoms. The van der Waals surface area contributed by atoms with Crippen LogP contribution < -0.4 is 11.1 Å². The van der Waals surface area contributed by atoms with Gasteiger partial charge in [-0.3, -0.25) is 0 Å². The molecule has 0 saturated heterocycles. The summed E-state index contributed by atoms with van der Waals surface area (Å²) in [6, 6.07) is 3.56. The summed E-state index contributed by atoms with van der Waals surface area (Å²) < 4.78 is 0. The molecule has 1 aromatic heterocycles. The van der Waals surface area contributed by atoms with E-state index in [1.165, 1.54) is 6.33 Å². The van der Waals surface area contributed by atoms with Gasteiger partial charge in [0, 0.05) is 0 Å². The van der Waals surface area contributed by atoms with Crippen molar-refractivity contribution < 1.29 is 0 Å². The molecule has 0 bridgehead atoms. The van der Waals surface area contributed by atoms with Gasteiger partial charge in [-0.1, -0.05) is 40.9 Å². The number of nitrogens with two attached hydrogens (primary N) is 1. The van der Waals surface area contributed by atoms with Crippen molar-refractivity contribution in [2.24, 2.45) is 0 Å². The van der Waals surface area contributed by atoms with Crippen LogP contribution >= 0.6 is 34.8 Å². The third-order valence-corrected chi connectivity index (χ3v) is 3.52. The molecule has 0 aliphatic rings. The van der Waals surface area contributed by atoms with Crippen LogP contribution in [0.1, 0.15) is 5.56 Å². The van der Waals surface area contributed by atoms with Crippen LogP contribution in [0.5, 0.6) is 0 Å². The molecule has 0 unspecified atom stereocenters. The van der Waals surface area contributed by atoms with E-state index >= 15 is 0 Å². The van der Waals surface area contributed by atoms with Crippen molar-refractivity contribution in [3.63, 3.8) is 0 Å². The average Bonchev–Trinajstić information content (AvgIpc) is 2.35. The van der Waals surface area contributed by atoms with Gasteiger partial charge in [0.1, 0.15) is 17.2 Å².